The van der Waals surface area contributed by atoms with Crippen molar-refractivity contribution in [2.75, 3.05) is 130 Å². The maximum Gasteiger partial charge on any atom is 0.325 e. The number of para-hydroxylation sites is 1. The first-order valence-corrected chi connectivity index (χ1v) is 31.6. The van der Waals surface area contributed by atoms with Crippen molar-refractivity contribution in [2.45, 2.75) is 90.4 Å². The summed E-state index contributed by atoms with van der Waals surface area (Å²) in [6.07, 6.45) is 7.10. The Morgan fingerprint density at radius 3 is 2.16 bits per heavy atom. The van der Waals surface area contributed by atoms with E-state index in [2.05, 4.69) is 48.1 Å². The Morgan fingerprint density at radius 2 is 1.41 bits per heavy atom. The first-order valence-electron chi connectivity index (χ1n) is 30.8. The number of aryl methyl sites for hydroxylation is 1. The lowest BCUT2D eigenvalue weighted by Crippen LogP contribution is -2.47. The number of unbranched alkanes of at least 4 members (excludes halogenated alkanes) is 1. The van der Waals surface area contributed by atoms with Gasteiger partial charge in [-0.2, -0.15) is 0 Å². The van der Waals surface area contributed by atoms with Crippen LogP contribution < -0.4 is 34.9 Å². The average Bonchev–Trinajstić information content (AvgIpc) is 2.15. The summed E-state index contributed by atoms with van der Waals surface area (Å²) in [7, 11) is 4.14. The van der Waals surface area contributed by atoms with Crippen molar-refractivity contribution >= 4 is 45.9 Å². The van der Waals surface area contributed by atoms with Crippen LogP contribution >= 0.6 is 11.3 Å². The SMILES string of the molecule is CCOc1cccc(C(C(=O)NCc2ccccc2)N(C(=O)CCc2ccc(OCCCCN(C)CCOCCOCCc3cn(CCOCCOc4ccc(NC(=O)Nc5nc(CC(=O)N6CCN(C)CC6)cs5)cc4)nn3)cc2)C2CC2)c1OCC. The molecule has 88 heavy (non-hydrogen) atoms. The van der Waals surface area contributed by atoms with E-state index in [1.165, 1.54) is 11.3 Å². The molecule has 22 nitrogen and oxygen atoms in total. The Labute approximate surface area is 521 Å². The van der Waals surface area contributed by atoms with Crippen LogP contribution in [0.3, 0.4) is 0 Å². The number of nitrogens with zero attached hydrogens (tertiary/aromatic N) is 8. The maximum atomic E-state index is 14.3. The fourth-order valence-corrected chi connectivity index (χ4v) is 10.6. The lowest BCUT2D eigenvalue weighted by atomic mass is 10.00. The van der Waals surface area contributed by atoms with Crippen LogP contribution in [-0.2, 0) is 60.9 Å². The smallest absolute Gasteiger partial charge is 0.325 e. The molecule has 1 saturated heterocycles. The van der Waals surface area contributed by atoms with Gasteiger partial charge in [-0.1, -0.05) is 59.8 Å². The molecule has 2 aromatic heterocycles. The van der Waals surface area contributed by atoms with Gasteiger partial charge in [0.1, 0.15) is 24.1 Å². The highest BCUT2D eigenvalue weighted by molar-refractivity contribution is 7.14. The van der Waals surface area contributed by atoms with E-state index in [1.807, 2.05) is 105 Å². The topological polar surface area (TPSA) is 226 Å². The maximum absolute atomic E-state index is 14.3. The van der Waals surface area contributed by atoms with Gasteiger partial charge in [-0.3, -0.25) is 19.7 Å². The summed E-state index contributed by atoms with van der Waals surface area (Å²) in [5.74, 6) is 2.19. The number of amides is 5. The number of likely N-dealkylation sites (N-methyl/N-ethyl adjacent to an activating group) is 2. The zero-order valence-corrected chi connectivity index (χ0v) is 52.2. The van der Waals surface area contributed by atoms with E-state index in [4.69, 9.17) is 33.2 Å². The minimum absolute atomic E-state index is 0.0411. The van der Waals surface area contributed by atoms with E-state index in [1.54, 1.807) is 39.2 Å². The number of hydrogen-bond acceptors (Lipinski definition) is 17. The van der Waals surface area contributed by atoms with Crippen LogP contribution in [0.5, 0.6) is 23.0 Å². The van der Waals surface area contributed by atoms with Gasteiger partial charge in [-0.05, 0) is 120 Å². The third-order valence-corrected chi connectivity index (χ3v) is 15.6. The Balaban J connectivity index is 0.620. The summed E-state index contributed by atoms with van der Waals surface area (Å²) in [6.45, 7) is 14.4. The molecule has 0 radical (unpaired) electrons. The highest BCUT2D eigenvalue weighted by Gasteiger charge is 2.42. The molecule has 3 heterocycles. The summed E-state index contributed by atoms with van der Waals surface area (Å²) < 4.78 is 43.1. The molecule has 474 valence electrons. The van der Waals surface area contributed by atoms with Crippen LogP contribution in [0, 0.1) is 0 Å². The second-order valence-electron chi connectivity index (χ2n) is 21.7. The fourth-order valence-electron chi connectivity index (χ4n) is 9.87. The molecule has 1 aliphatic carbocycles. The molecule has 2 fully saturated rings. The number of urea groups is 1. The van der Waals surface area contributed by atoms with Gasteiger partial charge in [0.25, 0.3) is 0 Å². The number of piperazine rings is 1. The number of benzene rings is 4. The van der Waals surface area contributed by atoms with E-state index in [9.17, 15) is 19.2 Å². The molecule has 1 atom stereocenters. The molecule has 1 saturated carbocycles. The molecule has 1 unspecified atom stereocenters. The molecular weight excluding hydrogens is 1140 g/mol. The van der Waals surface area contributed by atoms with Crippen LogP contribution in [0.15, 0.2) is 109 Å². The van der Waals surface area contributed by atoms with E-state index in [0.717, 1.165) is 74.4 Å². The summed E-state index contributed by atoms with van der Waals surface area (Å²) in [5.41, 5.74) is 4.68. The highest BCUT2D eigenvalue weighted by atomic mass is 32.1. The van der Waals surface area contributed by atoms with Crippen molar-refractivity contribution < 1.29 is 52.3 Å². The summed E-state index contributed by atoms with van der Waals surface area (Å²) >= 11 is 1.28. The molecule has 0 bridgehead atoms. The lowest BCUT2D eigenvalue weighted by Gasteiger charge is -2.33. The van der Waals surface area contributed by atoms with Gasteiger partial charge in [-0.25, -0.2) is 14.5 Å². The number of thiazole rings is 1. The fraction of sp³-hybridized carbons (Fsp3) is 0.492. The molecule has 5 amide bonds. The number of hydrogen-bond donors (Lipinski definition) is 3. The standard InChI is InChI=1S/C65H87N11O11S/c1-5-84-58-16-12-15-57(62(58)85-6-2)61(63(79)66-46-50-13-8-7-9-14-50)76(54-22-23-54)59(77)28-19-49-17-24-55(25-18-49)86-37-11-10-30-72(3)35-39-82-42-41-81-38-29-52-47-75(71-70-52)36-40-83-43-44-87-56-26-20-51(21-27-56)67-64(80)69-65-68-53(48-88-65)45-60(78)74-33-31-73(4)32-34-74/h7-9,12-18,20-21,24-27,47-48,54,61H,5-6,10-11,19,22-23,28-46H2,1-4H3,(H,66,79)(H2,67,68,69,80). The summed E-state index contributed by atoms with van der Waals surface area (Å²) in [6, 6.07) is 29.0. The van der Waals surface area contributed by atoms with Crippen molar-refractivity contribution in [1.82, 2.24) is 44.9 Å². The van der Waals surface area contributed by atoms with Crippen LogP contribution in [0.25, 0.3) is 0 Å². The number of carbonyl (C=O) groups excluding carboxylic acids is 4. The Morgan fingerprint density at radius 1 is 0.693 bits per heavy atom. The summed E-state index contributed by atoms with van der Waals surface area (Å²) in [5, 5.41) is 19.3. The van der Waals surface area contributed by atoms with Gasteiger partial charge in [0.2, 0.25) is 17.7 Å². The van der Waals surface area contributed by atoms with Gasteiger partial charge < -0.3 is 63.4 Å². The van der Waals surface area contributed by atoms with E-state index >= 15 is 0 Å². The van der Waals surface area contributed by atoms with Crippen molar-refractivity contribution in [2.24, 2.45) is 0 Å². The predicted molar refractivity (Wildman–Crippen MR) is 337 cm³/mol. The average molecular weight is 1230 g/mol. The van der Waals surface area contributed by atoms with Crippen molar-refractivity contribution in [3.63, 3.8) is 0 Å². The van der Waals surface area contributed by atoms with Crippen LogP contribution in [0.2, 0.25) is 0 Å². The monoisotopic (exact) mass is 1230 g/mol. The minimum Gasteiger partial charge on any atom is -0.494 e. The van der Waals surface area contributed by atoms with Crippen LogP contribution in [-0.4, -0.2) is 189 Å². The summed E-state index contributed by atoms with van der Waals surface area (Å²) in [4.78, 5) is 66.4. The molecule has 0 spiro atoms. The molecule has 8 rings (SSSR count). The van der Waals surface area contributed by atoms with Crippen molar-refractivity contribution in [1.29, 1.82) is 0 Å². The number of rotatable bonds is 39. The number of aromatic nitrogens is 4. The van der Waals surface area contributed by atoms with Gasteiger partial charge in [-0.15, -0.1) is 16.4 Å². The van der Waals surface area contributed by atoms with Crippen LogP contribution in [0.4, 0.5) is 15.6 Å². The van der Waals surface area contributed by atoms with E-state index in [0.29, 0.717) is 144 Å². The molecule has 23 heteroatoms. The third kappa shape index (κ3) is 22.2. The second kappa shape index (κ2) is 36.0. The first kappa shape index (κ1) is 66.3. The van der Waals surface area contributed by atoms with E-state index in [-0.39, 0.29) is 36.6 Å². The van der Waals surface area contributed by atoms with Crippen molar-refractivity contribution in [3.05, 3.63) is 137 Å². The Kier molecular flexibility index (Phi) is 27.1. The van der Waals surface area contributed by atoms with Crippen LogP contribution in [0.1, 0.15) is 80.1 Å². The number of carbonyl (C=O) groups is 4. The molecule has 1 aliphatic heterocycles. The zero-order valence-electron chi connectivity index (χ0n) is 51.4. The van der Waals surface area contributed by atoms with Crippen molar-refractivity contribution in [3.8, 4) is 23.0 Å². The second-order valence-corrected chi connectivity index (χ2v) is 22.6. The lowest BCUT2D eigenvalue weighted by molar-refractivity contribution is -0.141. The first-order chi connectivity index (χ1) is 43.0. The molecule has 6 aromatic rings. The predicted octanol–water partition coefficient (Wildman–Crippen LogP) is 7.94. The normalized spacial score (nSPS) is 13.7. The molecule has 2 aliphatic rings. The largest absolute Gasteiger partial charge is 0.494 e. The zero-order chi connectivity index (χ0) is 61.7. The van der Waals surface area contributed by atoms with Gasteiger partial charge in [0.05, 0.1) is 83.8 Å². The number of anilines is 2. The molecule has 3 N–H and O–H groups in total. The quantitative estimate of drug-likeness (QED) is 0.0312. The van der Waals surface area contributed by atoms with Gasteiger partial charge in [0.15, 0.2) is 16.6 Å². The third-order valence-electron chi connectivity index (χ3n) is 14.8. The molecule has 4 aromatic carbocycles. The number of nitrogens with one attached hydrogen (secondary N) is 3. The van der Waals surface area contributed by atoms with Gasteiger partial charge in [0, 0.05) is 81.0 Å². The number of ether oxygens (including phenoxy) is 7. The minimum atomic E-state index is -0.888. The van der Waals surface area contributed by atoms with E-state index < -0.39 is 12.1 Å². The Bertz CT molecular complexity index is 3050. The van der Waals surface area contributed by atoms with Gasteiger partial charge >= 0.3 is 6.03 Å². The highest BCUT2D eigenvalue weighted by Crippen LogP contribution is 2.42. The Hall–Kier alpha value is -7.67. The molecular formula is C65H87N11O11S.